The van der Waals surface area contributed by atoms with Crippen LogP contribution in [0.3, 0.4) is 0 Å². The lowest BCUT2D eigenvalue weighted by Gasteiger charge is -2.07. The Morgan fingerprint density at radius 1 is 1.43 bits per heavy atom. The quantitative estimate of drug-likeness (QED) is 0.740. The van der Waals surface area contributed by atoms with Crippen molar-refractivity contribution in [2.75, 3.05) is 5.32 Å². The van der Waals surface area contributed by atoms with Gasteiger partial charge in [-0.05, 0) is 6.07 Å². The van der Waals surface area contributed by atoms with Gasteiger partial charge in [-0.2, -0.15) is 13.2 Å². The van der Waals surface area contributed by atoms with Gasteiger partial charge in [-0.1, -0.05) is 0 Å². The van der Waals surface area contributed by atoms with Crippen LogP contribution in [0.1, 0.15) is 5.56 Å². The lowest BCUT2D eigenvalue weighted by atomic mass is 10.2. The van der Waals surface area contributed by atoms with E-state index in [0.29, 0.717) is 12.3 Å². The number of carbonyl (C=O) groups is 1. The van der Waals surface area contributed by atoms with Gasteiger partial charge in [-0.3, -0.25) is 10.3 Å². The van der Waals surface area contributed by atoms with E-state index in [2.05, 4.69) is 4.98 Å². The molecule has 0 atom stereocenters. The smallest absolute Gasteiger partial charge is 0.417 e. The number of amides is 1. The van der Waals surface area contributed by atoms with E-state index in [1.165, 1.54) is 0 Å². The summed E-state index contributed by atoms with van der Waals surface area (Å²) in [4.78, 5) is 13.4. The Labute approximate surface area is 76.4 Å². The zero-order valence-corrected chi connectivity index (χ0v) is 6.67. The molecule has 1 aromatic rings. The number of pyridine rings is 1. The first-order valence-electron chi connectivity index (χ1n) is 3.42. The van der Waals surface area contributed by atoms with E-state index < -0.39 is 17.8 Å². The molecule has 0 saturated heterocycles. The highest BCUT2D eigenvalue weighted by molar-refractivity contribution is 5.82. The summed E-state index contributed by atoms with van der Waals surface area (Å²) >= 11 is 0. The topological polar surface area (TPSA) is 62.2 Å². The van der Waals surface area contributed by atoms with Crippen molar-refractivity contribution in [2.45, 2.75) is 6.18 Å². The van der Waals surface area contributed by atoms with E-state index in [9.17, 15) is 18.0 Å². The van der Waals surface area contributed by atoms with Crippen molar-refractivity contribution in [1.29, 1.82) is 0 Å². The maximum atomic E-state index is 12.1. The molecule has 0 aliphatic heterocycles. The third-order valence-electron chi connectivity index (χ3n) is 1.32. The van der Waals surface area contributed by atoms with Crippen molar-refractivity contribution in [3.8, 4) is 0 Å². The van der Waals surface area contributed by atoms with Crippen LogP contribution in [0.15, 0.2) is 18.5 Å². The number of hydrogen-bond acceptors (Lipinski definition) is 2. The van der Waals surface area contributed by atoms with Crippen molar-refractivity contribution < 1.29 is 23.1 Å². The second-order valence-corrected chi connectivity index (χ2v) is 2.39. The molecule has 1 amide bonds. The lowest BCUT2D eigenvalue weighted by Crippen LogP contribution is -2.10. The monoisotopic (exact) mass is 206 g/mol. The van der Waals surface area contributed by atoms with Gasteiger partial charge in [0.2, 0.25) is 0 Å². The van der Waals surface area contributed by atoms with Crippen LogP contribution in [0, 0.1) is 0 Å². The van der Waals surface area contributed by atoms with Crippen molar-refractivity contribution in [1.82, 2.24) is 4.98 Å². The molecule has 0 aliphatic carbocycles. The molecule has 0 bridgehead atoms. The van der Waals surface area contributed by atoms with E-state index in [1.807, 2.05) is 0 Å². The molecule has 1 aromatic heterocycles. The minimum absolute atomic E-state index is 0.215. The molecule has 7 heteroatoms. The largest absolute Gasteiger partial charge is 0.465 e. The lowest BCUT2D eigenvalue weighted by molar-refractivity contribution is -0.137. The fourth-order valence-corrected chi connectivity index (χ4v) is 0.787. The van der Waals surface area contributed by atoms with Gasteiger partial charge < -0.3 is 5.11 Å². The second kappa shape index (κ2) is 3.52. The van der Waals surface area contributed by atoms with Crippen molar-refractivity contribution in [3.05, 3.63) is 24.0 Å². The van der Waals surface area contributed by atoms with E-state index in [0.717, 1.165) is 6.20 Å². The van der Waals surface area contributed by atoms with E-state index >= 15 is 0 Å². The number of hydrogen-bond donors (Lipinski definition) is 2. The fourth-order valence-electron chi connectivity index (χ4n) is 0.787. The molecule has 0 spiro atoms. The molecule has 14 heavy (non-hydrogen) atoms. The van der Waals surface area contributed by atoms with Crippen LogP contribution in [0.4, 0.5) is 23.7 Å². The number of halogens is 3. The van der Waals surface area contributed by atoms with Gasteiger partial charge in [0.05, 0.1) is 17.4 Å². The Morgan fingerprint density at radius 2 is 2.07 bits per heavy atom. The summed E-state index contributed by atoms with van der Waals surface area (Å²) in [5, 5.41) is 10.0. The zero-order valence-electron chi connectivity index (χ0n) is 6.67. The van der Waals surface area contributed by atoms with Gasteiger partial charge in [-0.15, -0.1) is 0 Å². The summed E-state index contributed by atoms with van der Waals surface area (Å²) in [7, 11) is 0. The second-order valence-electron chi connectivity index (χ2n) is 2.39. The van der Waals surface area contributed by atoms with Crippen molar-refractivity contribution in [2.24, 2.45) is 0 Å². The Hall–Kier alpha value is -1.79. The summed E-state index contributed by atoms with van der Waals surface area (Å²) in [5.74, 6) is 0. The molecule has 0 fully saturated rings. The van der Waals surface area contributed by atoms with Crippen molar-refractivity contribution in [3.63, 3.8) is 0 Å². The van der Waals surface area contributed by atoms with Gasteiger partial charge in [-0.25, -0.2) is 4.79 Å². The summed E-state index contributed by atoms with van der Waals surface area (Å²) in [6, 6.07) is 0.668. The number of nitrogens with zero attached hydrogens (tertiary/aromatic N) is 1. The first kappa shape index (κ1) is 10.3. The highest BCUT2D eigenvalue weighted by Crippen LogP contribution is 2.29. The maximum Gasteiger partial charge on any atom is 0.417 e. The van der Waals surface area contributed by atoms with E-state index in [4.69, 9.17) is 5.11 Å². The molecular formula is C7H5F3N2O2. The first-order valence-corrected chi connectivity index (χ1v) is 3.42. The van der Waals surface area contributed by atoms with Crippen LogP contribution in [-0.2, 0) is 6.18 Å². The molecule has 1 rings (SSSR count). The molecule has 4 nitrogen and oxygen atoms in total. The van der Waals surface area contributed by atoms with Gasteiger partial charge in [0.1, 0.15) is 0 Å². The number of carboxylic acid groups (broad SMARTS) is 1. The van der Waals surface area contributed by atoms with Crippen LogP contribution < -0.4 is 5.32 Å². The van der Waals surface area contributed by atoms with E-state index in [1.54, 1.807) is 5.32 Å². The van der Waals surface area contributed by atoms with Crippen LogP contribution in [-0.4, -0.2) is 16.2 Å². The zero-order chi connectivity index (χ0) is 10.8. The fraction of sp³-hybridized carbons (Fsp3) is 0.143. The Morgan fingerprint density at radius 3 is 2.57 bits per heavy atom. The van der Waals surface area contributed by atoms with Gasteiger partial charge in [0.15, 0.2) is 0 Å². The molecule has 76 valence electrons. The average Bonchev–Trinajstić information content (AvgIpc) is 2.01. The standard InChI is InChI=1S/C7H5F3N2O2/c8-7(9,10)4-1-5(3-11-2-4)12-6(13)14/h1-3,12H,(H,13,14). The third-order valence-corrected chi connectivity index (χ3v) is 1.32. The Kier molecular flexibility index (Phi) is 2.59. The van der Waals surface area contributed by atoms with E-state index in [-0.39, 0.29) is 5.69 Å². The molecular weight excluding hydrogens is 201 g/mol. The van der Waals surface area contributed by atoms with Crippen LogP contribution in [0.5, 0.6) is 0 Å². The third kappa shape index (κ3) is 2.61. The molecule has 2 N–H and O–H groups in total. The van der Waals surface area contributed by atoms with Crippen LogP contribution in [0.2, 0.25) is 0 Å². The molecule has 0 aliphatic rings. The van der Waals surface area contributed by atoms with Gasteiger partial charge in [0, 0.05) is 6.20 Å². The maximum absolute atomic E-state index is 12.1. The Balaban J connectivity index is 2.95. The molecule has 0 saturated carbocycles. The summed E-state index contributed by atoms with van der Waals surface area (Å²) < 4.78 is 36.3. The predicted octanol–water partition coefficient (Wildman–Crippen LogP) is 2.19. The number of nitrogens with one attached hydrogen (secondary N) is 1. The minimum Gasteiger partial charge on any atom is -0.465 e. The molecule has 1 heterocycles. The summed E-state index contributed by atoms with van der Waals surface area (Å²) in [6.45, 7) is 0. The predicted molar refractivity (Wildman–Crippen MR) is 40.9 cm³/mol. The van der Waals surface area contributed by atoms with Crippen molar-refractivity contribution >= 4 is 11.8 Å². The molecule has 0 radical (unpaired) electrons. The number of rotatable bonds is 1. The van der Waals surface area contributed by atoms with Gasteiger partial charge >= 0.3 is 12.3 Å². The number of alkyl halides is 3. The summed E-state index contributed by atoms with van der Waals surface area (Å²) in [5.41, 5.74) is -1.21. The van der Waals surface area contributed by atoms with Gasteiger partial charge in [0.25, 0.3) is 0 Å². The molecule has 0 aromatic carbocycles. The average molecular weight is 206 g/mol. The first-order chi connectivity index (χ1) is 6.39. The molecule has 0 unspecified atom stereocenters. The SMILES string of the molecule is O=C(O)Nc1cncc(C(F)(F)F)c1. The number of anilines is 1. The normalized spacial score (nSPS) is 11.1. The highest BCUT2D eigenvalue weighted by atomic mass is 19.4. The van der Waals surface area contributed by atoms with Crippen LogP contribution >= 0.6 is 0 Å². The Bertz CT molecular complexity index is 351. The minimum atomic E-state index is -4.52. The summed E-state index contributed by atoms with van der Waals surface area (Å²) in [6.07, 6.45) is -4.36. The number of aromatic nitrogens is 1. The highest BCUT2D eigenvalue weighted by Gasteiger charge is 2.31. The van der Waals surface area contributed by atoms with Crippen LogP contribution in [0.25, 0.3) is 0 Å².